The molecule has 0 amide bonds. The molecule has 2 aromatic heterocycles. The number of nitrogens with zero attached hydrogens (tertiary/aromatic N) is 5. The second kappa shape index (κ2) is 7.11. The molecule has 4 rings (SSSR count). The standard InChI is InChI=1S/C19H19N5S2/c1-14(18-21-16-10-6-7-11-17(16)26-18)22(2)13-24-19(25)23(12-20-24)15-8-4-3-5-9-15/h3-12,14H,13H2,1-2H3/t14-/m1/s1. The Morgan fingerprint density at radius 2 is 1.85 bits per heavy atom. The van der Waals surface area contributed by atoms with E-state index in [-0.39, 0.29) is 6.04 Å². The van der Waals surface area contributed by atoms with E-state index in [1.165, 1.54) is 4.70 Å². The van der Waals surface area contributed by atoms with E-state index >= 15 is 0 Å². The highest BCUT2D eigenvalue weighted by Gasteiger charge is 2.17. The molecule has 2 aromatic carbocycles. The first-order valence-corrected chi connectivity index (χ1v) is 9.61. The number of thiazole rings is 1. The molecule has 4 aromatic rings. The zero-order valence-electron chi connectivity index (χ0n) is 14.6. The summed E-state index contributed by atoms with van der Waals surface area (Å²) in [6.45, 7) is 2.77. The van der Waals surface area contributed by atoms with E-state index in [0.717, 1.165) is 16.2 Å². The van der Waals surface area contributed by atoms with Crippen LogP contribution in [0.3, 0.4) is 0 Å². The molecule has 0 saturated heterocycles. The number of hydrogen-bond donors (Lipinski definition) is 0. The Bertz CT molecular complexity index is 1050. The minimum Gasteiger partial charge on any atom is -0.278 e. The lowest BCUT2D eigenvalue weighted by Crippen LogP contribution is -2.26. The first-order valence-electron chi connectivity index (χ1n) is 8.39. The summed E-state index contributed by atoms with van der Waals surface area (Å²) in [5, 5.41) is 5.57. The van der Waals surface area contributed by atoms with E-state index in [1.54, 1.807) is 17.7 Å². The Labute approximate surface area is 161 Å². The topological polar surface area (TPSA) is 38.9 Å². The van der Waals surface area contributed by atoms with Gasteiger partial charge in [0, 0.05) is 5.69 Å². The molecule has 0 bridgehead atoms. The van der Waals surface area contributed by atoms with Crippen LogP contribution in [-0.4, -0.2) is 31.3 Å². The monoisotopic (exact) mass is 381 g/mol. The first-order chi connectivity index (χ1) is 12.6. The summed E-state index contributed by atoms with van der Waals surface area (Å²) in [7, 11) is 2.07. The van der Waals surface area contributed by atoms with Gasteiger partial charge in [0.05, 0.1) is 22.9 Å². The number of rotatable bonds is 5. The van der Waals surface area contributed by atoms with Gasteiger partial charge in [0.25, 0.3) is 0 Å². The Morgan fingerprint density at radius 3 is 2.62 bits per heavy atom. The van der Waals surface area contributed by atoms with Crippen LogP contribution in [0.2, 0.25) is 0 Å². The lowest BCUT2D eigenvalue weighted by atomic mass is 10.3. The van der Waals surface area contributed by atoms with Gasteiger partial charge in [-0.1, -0.05) is 30.3 Å². The van der Waals surface area contributed by atoms with Crippen molar-refractivity contribution in [1.82, 2.24) is 24.2 Å². The van der Waals surface area contributed by atoms with Gasteiger partial charge >= 0.3 is 0 Å². The van der Waals surface area contributed by atoms with Gasteiger partial charge in [0.15, 0.2) is 0 Å². The van der Waals surface area contributed by atoms with Gasteiger partial charge in [-0.25, -0.2) is 9.67 Å². The first kappa shape index (κ1) is 17.1. The Balaban J connectivity index is 1.55. The predicted molar refractivity (Wildman–Crippen MR) is 108 cm³/mol. The highest BCUT2D eigenvalue weighted by atomic mass is 32.1. The molecule has 0 spiro atoms. The third-order valence-electron chi connectivity index (χ3n) is 4.45. The maximum absolute atomic E-state index is 5.61. The van der Waals surface area contributed by atoms with E-state index < -0.39 is 0 Å². The van der Waals surface area contributed by atoms with Gasteiger partial charge in [0.1, 0.15) is 11.3 Å². The number of aromatic nitrogens is 4. The minimum absolute atomic E-state index is 0.177. The van der Waals surface area contributed by atoms with E-state index in [1.807, 2.05) is 51.7 Å². The van der Waals surface area contributed by atoms with Gasteiger partial charge in [-0.15, -0.1) is 11.3 Å². The molecule has 0 saturated carbocycles. The second-order valence-electron chi connectivity index (χ2n) is 6.21. The largest absolute Gasteiger partial charge is 0.278 e. The molecule has 0 N–H and O–H groups in total. The fourth-order valence-corrected chi connectivity index (χ4v) is 4.13. The third-order valence-corrected chi connectivity index (χ3v) is 6.07. The van der Waals surface area contributed by atoms with Crippen LogP contribution in [0.1, 0.15) is 18.0 Å². The van der Waals surface area contributed by atoms with Crippen LogP contribution < -0.4 is 0 Å². The second-order valence-corrected chi connectivity index (χ2v) is 7.64. The summed E-state index contributed by atoms with van der Waals surface area (Å²) < 4.78 is 5.66. The SMILES string of the molecule is C[C@H](c1nc2ccccc2s1)N(C)Cn1ncn(-c2ccccc2)c1=S. The summed E-state index contributed by atoms with van der Waals surface area (Å²) in [5.74, 6) is 0. The fraction of sp³-hybridized carbons (Fsp3) is 0.211. The summed E-state index contributed by atoms with van der Waals surface area (Å²) in [4.78, 5) is 6.97. The number of benzene rings is 2. The van der Waals surface area contributed by atoms with Crippen molar-refractivity contribution in [1.29, 1.82) is 0 Å². The molecular weight excluding hydrogens is 362 g/mol. The number of fused-ring (bicyclic) bond motifs is 1. The maximum atomic E-state index is 5.61. The van der Waals surface area contributed by atoms with Crippen LogP contribution in [0.15, 0.2) is 60.9 Å². The van der Waals surface area contributed by atoms with Crippen molar-refractivity contribution in [2.24, 2.45) is 0 Å². The number of para-hydroxylation sites is 2. The lowest BCUT2D eigenvalue weighted by Gasteiger charge is -2.22. The molecule has 0 unspecified atom stereocenters. The summed E-state index contributed by atoms with van der Waals surface area (Å²) in [6, 6.07) is 18.4. The van der Waals surface area contributed by atoms with Crippen LogP contribution in [-0.2, 0) is 6.67 Å². The van der Waals surface area contributed by atoms with E-state index in [2.05, 4.69) is 36.1 Å². The minimum atomic E-state index is 0.177. The average molecular weight is 382 g/mol. The zero-order valence-corrected chi connectivity index (χ0v) is 16.2. The fourth-order valence-electron chi connectivity index (χ4n) is 2.79. The Hall–Kier alpha value is -2.35. The molecule has 1 atom stereocenters. The molecule has 0 aliphatic rings. The van der Waals surface area contributed by atoms with Crippen LogP contribution >= 0.6 is 23.6 Å². The Kier molecular flexibility index (Phi) is 4.67. The Morgan fingerprint density at radius 1 is 1.12 bits per heavy atom. The quantitative estimate of drug-likeness (QED) is 0.471. The molecule has 26 heavy (non-hydrogen) atoms. The van der Waals surface area contributed by atoms with E-state index in [9.17, 15) is 0 Å². The molecule has 0 aliphatic heterocycles. The lowest BCUT2D eigenvalue weighted by molar-refractivity contribution is 0.194. The van der Waals surface area contributed by atoms with Gasteiger partial charge in [0.2, 0.25) is 4.77 Å². The average Bonchev–Trinajstić information content (AvgIpc) is 3.26. The summed E-state index contributed by atoms with van der Waals surface area (Å²) in [6.07, 6.45) is 1.77. The third kappa shape index (κ3) is 3.21. The van der Waals surface area contributed by atoms with Crippen molar-refractivity contribution in [2.45, 2.75) is 19.6 Å². The van der Waals surface area contributed by atoms with Crippen molar-refractivity contribution in [3.8, 4) is 5.69 Å². The summed E-state index contributed by atoms with van der Waals surface area (Å²) in [5.41, 5.74) is 2.07. The molecule has 0 fully saturated rings. The molecule has 5 nitrogen and oxygen atoms in total. The van der Waals surface area contributed by atoms with Crippen LogP contribution in [0.4, 0.5) is 0 Å². The highest BCUT2D eigenvalue weighted by Crippen LogP contribution is 2.28. The maximum Gasteiger partial charge on any atom is 0.203 e. The number of hydrogen-bond acceptors (Lipinski definition) is 5. The van der Waals surface area contributed by atoms with Gasteiger partial charge in [-0.3, -0.25) is 9.47 Å². The van der Waals surface area contributed by atoms with Gasteiger partial charge < -0.3 is 0 Å². The molecule has 7 heteroatoms. The van der Waals surface area contributed by atoms with Gasteiger partial charge in [-0.2, -0.15) is 5.10 Å². The molecule has 0 radical (unpaired) electrons. The highest BCUT2D eigenvalue weighted by molar-refractivity contribution is 7.71. The van der Waals surface area contributed by atoms with E-state index in [0.29, 0.717) is 11.4 Å². The molecular formula is C19H19N5S2. The van der Waals surface area contributed by atoms with Crippen molar-refractivity contribution in [3.05, 3.63) is 70.7 Å². The zero-order chi connectivity index (χ0) is 18.1. The van der Waals surface area contributed by atoms with Crippen LogP contribution in [0.5, 0.6) is 0 Å². The van der Waals surface area contributed by atoms with Gasteiger partial charge in [-0.05, 0) is 50.5 Å². The normalized spacial score (nSPS) is 12.7. The molecule has 2 heterocycles. The predicted octanol–water partition coefficient (Wildman–Crippen LogP) is 4.66. The van der Waals surface area contributed by atoms with Crippen molar-refractivity contribution < 1.29 is 0 Å². The smallest absolute Gasteiger partial charge is 0.203 e. The summed E-state index contributed by atoms with van der Waals surface area (Å²) >= 11 is 7.34. The van der Waals surface area contributed by atoms with Crippen molar-refractivity contribution in [3.63, 3.8) is 0 Å². The van der Waals surface area contributed by atoms with Crippen LogP contribution in [0, 0.1) is 4.77 Å². The van der Waals surface area contributed by atoms with Crippen molar-refractivity contribution in [2.75, 3.05) is 7.05 Å². The molecule has 132 valence electrons. The molecule has 0 aliphatic carbocycles. The van der Waals surface area contributed by atoms with E-state index in [4.69, 9.17) is 17.2 Å². The van der Waals surface area contributed by atoms with Crippen molar-refractivity contribution >= 4 is 33.8 Å². The van der Waals surface area contributed by atoms with Crippen LogP contribution in [0.25, 0.3) is 15.9 Å².